The van der Waals surface area contributed by atoms with Crippen LogP contribution in [0.5, 0.6) is 0 Å². The topological polar surface area (TPSA) is 55.1 Å². The van der Waals surface area contributed by atoms with Gasteiger partial charge in [0.15, 0.2) is 11.6 Å². The second kappa shape index (κ2) is 5.01. The Balaban J connectivity index is 2.27. The number of carbonyl (C=O) groups is 1. The zero-order valence-electron chi connectivity index (χ0n) is 9.58. The fourth-order valence-electron chi connectivity index (χ4n) is 1.49. The van der Waals surface area contributed by atoms with E-state index in [2.05, 4.69) is 5.32 Å². The number of nitrogen functional groups attached to an aromatic ring is 1. The molecule has 2 aromatic carbocycles. The Morgan fingerprint density at radius 2 is 1.68 bits per heavy atom. The molecule has 2 aromatic rings. The van der Waals surface area contributed by atoms with Gasteiger partial charge in [-0.1, -0.05) is 6.07 Å². The second-order valence-electron chi connectivity index (χ2n) is 3.83. The number of hydrogen-bond acceptors (Lipinski definition) is 2. The van der Waals surface area contributed by atoms with Gasteiger partial charge in [0.1, 0.15) is 5.82 Å². The molecule has 0 saturated heterocycles. The van der Waals surface area contributed by atoms with Crippen LogP contribution in [0.1, 0.15) is 10.4 Å². The standard InChI is InChI=1S/C13H9F3N2O/c14-9-5-11(16)12(6-10(9)15)18-13(19)7-2-1-3-8(17)4-7/h1-6H,17H2,(H,18,19). The van der Waals surface area contributed by atoms with E-state index in [4.69, 9.17) is 5.73 Å². The molecular weight excluding hydrogens is 257 g/mol. The van der Waals surface area contributed by atoms with E-state index in [1.165, 1.54) is 12.1 Å². The molecule has 0 unspecified atom stereocenters. The molecule has 0 aliphatic heterocycles. The van der Waals surface area contributed by atoms with Crippen LogP contribution in [0.4, 0.5) is 24.5 Å². The van der Waals surface area contributed by atoms with Crippen LogP contribution < -0.4 is 11.1 Å². The van der Waals surface area contributed by atoms with Crippen molar-refractivity contribution in [3.63, 3.8) is 0 Å². The third-order valence-corrected chi connectivity index (χ3v) is 2.41. The molecule has 0 aromatic heterocycles. The Labute approximate surface area is 106 Å². The summed E-state index contributed by atoms with van der Waals surface area (Å²) in [4.78, 5) is 11.8. The lowest BCUT2D eigenvalue weighted by Crippen LogP contribution is -2.13. The van der Waals surface area contributed by atoms with Gasteiger partial charge in [-0.2, -0.15) is 0 Å². The predicted molar refractivity (Wildman–Crippen MR) is 65.1 cm³/mol. The van der Waals surface area contributed by atoms with Gasteiger partial charge >= 0.3 is 0 Å². The highest BCUT2D eigenvalue weighted by Crippen LogP contribution is 2.19. The van der Waals surface area contributed by atoms with Gasteiger partial charge in [-0.05, 0) is 18.2 Å². The highest BCUT2D eigenvalue weighted by molar-refractivity contribution is 6.04. The van der Waals surface area contributed by atoms with Crippen molar-refractivity contribution in [3.05, 3.63) is 59.4 Å². The summed E-state index contributed by atoms with van der Waals surface area (Å²) in [5, 5.41) is 2.15. The van der Waals surface area contributed by atoms with Gasteiger partial charge in [-0.3, -0.25) is 4.79 Å². The number of benzene rings is 2. The maximum absolute atomic E-state index is 13.3. The van der Waals surface area contributed by atoms with Crippen molar-refractivity contribution in [2.24, 2.45) is 0 Å². The van der Waals surface area contributed by atoms with Crippen molar-refractivity contribution in [1.29, 1.82) is 0 Å². The largest absolute Gasteiger partial charge is 0.399 e. The van der Waals surface area contributed by atoms with Gasteiger partial charge in [-0.15, -0.1) is 0 Å². The molecule has 3 nitrogen and oxygen atoms in total. The van der Waals surface area contributed by atoms with E-state index in [0.717, 1.165) is 0 Å². The van der Waals surface area contributed by atoms with Crippen molar-refractivity contribution in [2.45, 2.75) is 0 Å². The highest BCUT2D eigenvalue weighted by atomic mass is 19.2. The van der Waals surface area contributed by atoms with Crippen LogP contribution in [0, 0.1) is 17.5 Å². The van der Waals surface area contributed by atoms with Crippen LogP contribution in [0.3, 0.4) is 0 Å². The van der Waals surface area contributed by atoms with Crippen LogP contribution >= 0.6 is 0 Å². The number of carbonyl (C=O) groups excluding carboxylic acids is 1. The number of hydrogen-bond donors (Lipinski definition) is 2. The minimum absolute atomic E-state index is 0.184. The summed E-state index contributed by atoms with van der Waals surface area (Å²) in [6, 6.07) is 6.91. The van der Waals surface area contributed by atoms with Crippen LogP contribution in [0.15, 0.2) is 36.4 Å². The first kappa shape index (κ1) is 12.9. The minimum Gasteiger partial charge on any atom is -0.399 e. The number of nitrogens with one attached hydrogen (secondary N) is 1. The molecule has 0 spiro atoms. The molecule has 1 amide bonds. The van der Waals surface area contributed by atoms with E-state index in [9.17, 15) is 18.0 Å². The smallest absolute Gasteiger partial charge is 0.255 e. The Kier molecular flexibility index (Phi) is 3.41. The number of nitrogens with two attached hydrogens (primary N) is 1. The lowest BCUT2D eigenvalue weighted by atomic mass is 10.2. The molecule has 0 saturated carbocycles. The van der Waals surface area contributed by atoms with Crippen LogP contribution in [0.2, 0.25) is 0 Å². The summed E-state index contributed by atoms with van der Waals surface area (Å²) in [5.74, 6) is -4.29. The van der Waals surface area contributed by atoms with Gasteiger partial charge < -0.3 is 11.1 Å². The SMILES string of the molecule is Nc1cccc(C(=O)Nc2cc(F)c(F)cc2F)c1. The molecule has 0 radical (unpaired) electrons. The minimum atomic E-state index is -1.32. The maximum Gasteiger partial charge on any atom is 0.255 e. The number of amides is 1. The van der Waals surface area contributed by atoms with Crippen molar-refractivity contribution in [3.8, 4) is 0 Å². The monoisotopic (exact) mass is 266 g/mol. The summed E-state index contributed by atoms with van der Waals surface area (Å²) in [5.41, 5.74) is 5.61. The average molecular weight is 266 g/mol. The summed E-state index contributed by atoms with van der Waals surface area (Å²) in [6.45, 7) is 0. The maximum atomic E-state index is 13.3. The third-order valence-electron chi connectivity index (χ3n) is 2.41. The fourth-order valence-corrected chi connectivity index (χ4v) is 1.49. The molecule has 0 heterocycles. The Morgan fingerprint density at radius 3 is 2.37 bits per heavy atom. The van der Waals surface area contributed by atoms with Crippen molar-refractivity contribution in [1.82, 2.24) is 0 Å². The Bertz CT molecular complexity index is 644. The molecule has 0 bridgehead atoms. The lowest BCUT2D eigenvalue weighted by Gasteiger charge is -2.07. The van der Waals surface area contributed by atoms with Gasteiger partial charge in [-0.25, -0.2) is 13.2 Å². The number of halogens is 3. The van der Waals surface area contributed by atoms with Crippen LogP contribution in [-0.4, -0.2) is 5.91 Å². The zero-order chi connectivity index (χ0) is 14.0. The van der Waals surface area contributed by atoms with E-state index in [1.54, 1.807) is 12.1 Å². The van der Waals surface area contributed by atoms with E-state index < -0.39 is 29.0 Å². The van der Waals surface area contributed by atoms with Crippen molar-refractivity contribution in [2.75, 3.05) is 11.1 Å². The van der Waals surface area contributed by atoms with E-state index >= 15 is 0 Å². The molecule has 0 fully saturated rings. The van der Waals surface area contributed by atoms with Gasteiger partial charge in [0.25, 0.3) is 5.91 Å². The van der Waals surface area contributed by atoms with E-state index in [1.807, 2.05) is 0 Å². The van der Waals surface area contributed by atoms with Crippen LogP contribution in [-0.2, 0) is 0 Å². The summed E-state index contributed by atoms with van der Waals surface area (Å²) < 4.78 is 39.0. The summed E-state index contributed by atoms with van der Waals surface area (Å²) >= 11 is 0. The second-order valence-corrected chi connectivity index (χ2v) is 3.83. The Hall–Kier alpha value is -2.50. The van der Waals surface area contributed by atoms with Gasteiger partial charge in [0.05, 0.1) is 5.69 Å². The predicted octanol–water partition coefficient (Wildman–Crippen LogP) is 2.94. The average Bonchev–Trinajstić information content (AvgIpc) is 2.36. The van der Waals surface area contributed by atoms with Crippen molar-refractivity contribution < 1.29 is 18.0 Å². The molecule has 0 atom stereocenters. The highest BCUT2D eigenvalue weighted by Gasteiger charge is 2.13. The molecule has 98 valence electrons. The molecule has 19 heavy (non-hydrogen) atoms. The first-order valence-corrected chi connectivity index (χ1v) is 5.29. The summed E-state index contributed by atoms with van der Waals surface area (Å²) in [7, 11) is 0. The molecule has 6 heteroatoms. The van der Waals surface area contributed by atoms with E-state index in [-0.39, 0.29) is 5.56 Å². The molecule has 0 aliphatic carbocycles. The van der Waals surface area contributed by atoms with Gasteiger partial charge in [0, 0.05) is 23.4 Å². The third kappa shape index (κ3) is 2.85. The van der Waals surface area contributed by atoms with Crippen molar-refractivity contribution >= 4 is 17.3 Å². The number of anilines is 2. The molecule has 0 aliphatic rings. The first-order chi connectivity index (χ1) is 8.97. The van der Waals surface area contributed by atoms with Crippen LogP contribution in [0.25, 0.3) is 0 Å². The molecular formula is C13H9F3N2O. The normalized spacial score (nSPS) is 10.3. The zero-order valence-corrected chi connectivity index (χ0v) is 9.58. The van der Waals surface area contributed by atoms with Gasteiger partial charge in [0.2, 0.25) is 0 Å². The fraction of sp³-hybridized carbons (Fsp3) is 0. The number of rotatable bonds is 2. The summed E-state index contributed by atoms with van der Waals surface area (Å²) in [6.07, 6.45) is 0. The molecule has 2 rings (SSSR count). The first-order valence-electron chi connectivity index (χ1n) is 5.29. The Morgan fingerprint density at radius 1 is 1.00 bits per heavy atom. The van der Waals surface area contributed by atoms with E-state index in [0.29, 0.717) is 17.8 Å². The lowest BCUT2D eigenvalue weighted by molar-refractivity contribution is 0.102. The quantitative estimate of drug-likeness (QED) is 0.648. The molecule has 3 N–H and O–H groups in total.